The first-order valence-corrected chi connectivity index (χ1v) is 11.5. The van der Waals surface area contributed by atoms with Gasteiger partial charge in [0.25, 0.3) is 0 Å². The van der Waals surface area contributed by atoms with Gasteiger partial charge in [0.2, 0.25) is 0 Å². The minimum atomic E-state index is -1.11. The molecule has 6 nitrogen and oxygen atoms in total. The fraction of sp³-hybridized carbons (Fsp3) is 0.565. The van der Waals surface area contributed by atoms with Gasteiger partial charge in [-0.3, -0.25) is 0 Å². The minimum absolute atomic E-state index is 0.259. The summed E-state index contributed by atoms with van der Waals surface area (Å²) in [5.74, 6) is -0.985. The normalized spacial score (nSPS) is 36.3. The van der Waals surface area contributed by atoms with E-state index >= 15 is 0 Å². The molecule has 2 heterocycles. The van der Waals surface area contributed by atoms with E-state index in [0.29, 0.717) is 22.0 Å². The number of aliphatic hydroxyl groups is 2. The molecule has 2 unspecified atom stereocenters. The van der Waals surface area contributed by atoms with Crippen molar-refractivity contribution in [3.05, 3.63) is 57.1 Å². The average molecular weight is 469 g/mol. The number of halogens is 2. The highest BCUT2D eigenvalue weighted by molar-refractivity contribution is 6.42. The molecule has 2 saturated heterocycles. The van der Waals surface area contributed by atoms with Gasteiger partial charge in [0.1, 0.15) is 24.4 Å². The molecule has 2 aliphatic heterocycles. The highest BCUT2D eigenvalue weighted by Gasteiger charge is 2.53. The molecule has 6 atom stereocenters. The molecule has 1 spiro atoms. The quantitative estimate of drug-likeness (QED) is 0.695. The van der Waals surface area contributed by atoms with E-state index in [4.69, 9.17) is 42.1 Å². The van der Waals surface area contributed by atoms with E-state index in [1.807, 2.05) is 0 Å². The van der Waals surface area contributed by atoms with Crippen LogP contribution in [0, 0.1) is 0 Å². The molecule has 1 aromatic rings. The molecule has 0 aromatic heterocycles. The highest BCUT2D eigenvalue weighted by atomic mass is 35.5. The Morgan fingerprint density at radius 2 is 1.90 bits per heavy atom. The van der Waals surface area contributed by atoms with Crippen LogP contribution in [0.3, 0.4) is 0 Å². The van der Waals surface area contributed by atoms with Crippen LogP contribution in [0.2, 0.25) is 10.0 Å². The summed E-state index contributed by atoms with van der Waals surface area (Å²) in [7, 11) is 0. The van der Waals surface area contributed by atoms with Crippen LogP contribution in [0.1, 0.15) is 44.0 Å². The number of fused-ring (bicyclic) bond motifs is 2. The number of ether oxygens (including phenoxy) is 4. The van der Waals surface area contributed by atoms with Gasteiger partial charge in [-0.2, -0.15) is 0 Å². The molecule has 2 aliphatic carbocycles. The maximum Gasteiger partial charge on any atom is 0.192 e. The molecule has 8 heteroatoms. The second-order valence-corrected chi connectivity index (χ2v) is 9.36. The Labute approximate surface area is 191 Å². The third-order valence-electron chi connectivity index (χ3n) is 6.43. The van der Waals surface area contributed by atoms with Crippen molar-refractivity contribution in [1.29, 1.82) is 0 Å². The maximum atomic E-state index is 10.6. The van der Waals surface area contributed by atoms with E-state index in [1.54, 1.807) is 18.2 Å². The molecule has 1 aromatic carbocycles. The van der Waals surface area contributed by atoms with Gasteiger partial charge >= 0.3 is 0 Å². The van der Waals surface area contributed by atoms with Crippen LogP contribution in [0.15, 0.2) is 41.5 Å². The Hall–Kier alpha value is -0.960. The summed E-state index contributed by atoms with van der Waals surface area (Å²) >= 11 is 12.2. The number of hydrogen-bond donors (Lipinski definition) is 2. The Kier molecular flexibility index (Phi) is 6.18. The molecular weight excluding hydrogens is 443 g/mol. The first-order chi connectivity index (χ1) is 15.0. The first kappa shape index (κ1) is 21.9. The van der Waals surface area contributed by atoms with Crippen LogP contribution in [0.25, 0.3) is 0 Å². The molecule has 0 amide bonds. The number of allylic oxidation sites excluding steroid dienone is 2. The number of rotatable bonds is 3. The predicted octanol–water partition coefficient (Wildman–Crippen LogP) is 4.07. The van der Waals surface area contributed by atoms with Gasteiger partial charge in [-0.15, -0.1) is 0 Å². The summed E-state index contributed by atoms with van der Waals surface area (Å²) in [6.07, 6.45) is 5.55. The van der Waals surface area contributed by atoms with Crippen molar-refractivity contribution in [2.75, 3.05) is 13.2 Å². The Bertz CT molecular complexity index is 902. The Balaban J connectivity index is 1.40. The monoisotopic (exact) mass is 468 g/mol. The van der Waals surface area contributed by atoms with E-state index in [2.05, 4.69) is 12.2 Å². The fourth-order valence-electron chi connectivity index (χ4n) is 4.86. The Morgan fingerprint density at radius 3 is 2.68 bits per heavy atom. The van der Waals surface area contributed by atoms with Crippen molar-refractivity contribution < 1.29 is 29.2 Å². The van der Waals surface area contributed by atoms with Gasteiger partial charge in [0, 0.05) is 12.0 Å². The summed E-state index contributed by atoms with van der Waals surface area (Å²) in [5.41, 5.74) is 3.32. The van der Waals surface area contributed by atoms with Crippen LogP contribution < -0.4 is 0 Å². The highest BCUT2D eigenvalue weighted by Crippen LogP contribution is 2.45. The van der Waals surface area contributed by atoms with Gasteiger partial charge in [-0.25, -0.2) is 0 Å². The standard InChI is InChI=1S/C23H26Cl2O6/c24-16-6-5-14(9-17(16)25)22-28-12-19-21(29-22)20(18(27)11-26)31-23(30-19)8-7-13-3-1-2-4-15(13)10-23/h5-7,9-10,18-22,26-27H,1-4,8,11-12H2/t18-,19+,20-,21-,22?,23?/m1/s1. The van der Waals surface area contributed by atoms with E-state index in [9.17, 15) is 10.2 Å². The van der Waals surface area contributed by atoms with Gasteiger partial charge in [-0.1, -0.05) is 35.3 Å². The number of aliphatic hydroxyl groups excluding tert-OH is 2. The second-order valence-electron chi connectivity index (χ2n) is 8.55. The van der Waals surface area contributed by atoms with Crippen molar-refractivity contribution in [2.24, 2.45) is 0 Å². The topological polar surface area (TPSA) is 77.4 Å². The SMILES string of the molecule is OC[C@@H](O)[C@H]1OC2(C=C3CCCCC3=CC2)O[C@H]2COC(c3ccc(Cl)c(Cl)c3)O[C@@H]12. The van der Waals surface area contributed by atoms with Gasteiger partial charge < -0.3 is 29.2 Å². The van der Waals surface area contributed by atoms with Crippen LogP contribution in [0.5, 0.6) is 0 Å². The predicted molar refractivity (Wildman–Crippen MR) is 115 cm³/mol. The zero-order valence-electron chi connectivity index (χ0n) is 17.0. The van der Waals surface area contributed by atoms with Crippen molar-refractivity contribution >= 4 is 23.2 Å². The second kappa shape index (κ2) is 8.76. The first-order valence-electron chi connectivity index (χ1n) is 10.8. The summed E-state index contributed by atoms with van der Waals surface area (Å²) in [6.45, 7) is -0.182. The molecular formula is C23H26Cl2O6. The molecule has 0 bridgehead atoms. The van der Waals surface area contributed by atoms with E-state index in [-0.39, 0.29) is 6.61 Å². The fourth-order valence-corrected chi connectivity index (χ4v) is 5.16. The van der Waals surface area contributed by atoms with Crippen LogP contribution >= 0.6 is 23.2 Å². The lowest BCUT2D eigenvalue weighted by atomic mass is 9.83. The molecule has 31 heavy (non-hydrogen) atoms. The lowest BCUT2D eigenvalue weighted by Crippen LogP contribution is -2.64. The average Bonchev–Trinajstić information content (AvgIpc) is 2.79. The van der Waals surface area contributed by atoms with Gasteiger partial charge in [0.15, 0.2) is 12.1 Å². The lowest BCUT2D eigenvalue weighted by Gasteiger charge is -2.52. The summed E-state index contributed by atoms with van der Waals surface area (Å²) in [5, 5.41) is 21.1. The van der Waals surface area contributed by atoms with Crippen LogP contribution in [0.4, 0.5) is 0 Å². The van der Waals surface area contributed by atoms with E-state index in [0.717, 1.165) is 19.3 Å². The summed E-state index contributed by atoms with van der Waals surface area (Å²) < 4.78 is 24.8. The van der Waals surface area contributed by atoms with Crippen molar-refractivity contribution in [3.8, 4) is 0 Å². The largest absolute Gasteiger partial charge is 0.394 e. The molecule has 0 radical (unpaired) electrons. The maximum absolute atomic E-state index is 10.6. The van der Waals surface area contributed by atoms with Crippen molar-refractivity contribution in [1.82, 2.24) is 0 Å². The number of benzene rings is 1. The summed E-state index contributed by atoms with van der Waals surface area (Å²) in [4.78, 5) is 0. The third-order valence-corrected chi connectivity index (χ3v) is 7.17. The molecule has 5 rings (SSSR count). The van der Waals surface area contributed by atoms with Crippen LogP contribution in [-0.2, 0) is 18.9 Å². The minimum Gasteiger partial charge on any atom is -0.394 e. The molecule has 168 valence electrons. The van der Waals surface area contributed by atoms with Crippen LogP contribution in [-0.4, -0.2) is 53.6 Å². The van der Waals surface area contributed by atoms with Gasteiger partial charge in [-0.05, 0) is 55.0 Å². The van der Waals surface area contributed by atoms with Crippen molar-refractivity contribution in [3.63, 3.8) is 0 Å². The van der Waals surface area contributed by atoms with E-state index < -0.39 is 43.1 Å². The zero-order valence-corrected chi connectivity index (χ0v) is 18.5. The van der Waals surface area contributed by atoms with Gasteiger partial charge in [0.05, 0.1) is 23.3 Å². The third kappa shape index (κ3) is 4.21. The number of hydrogen-bond acceptors (Lipinski definition) is 6. The van der Waals surface area contributed by atoms with E-state index in [1.165, 1.54) is 17.6 Å². The molecule has 3 fully saturated rings. The zero-order chi connectivity index (χ0) is 21.6. The summed E-state index contributed by atoms with van der Waals surface area (Å²) in [6, 6.07) is 5.16. The van der Waals surface area contributed by atoms with Crippen molar-refractivity contribution in [2.45, 2.75) is 68.6 Å². The lowest BCUT2D eigenvalue weighted by molar-refractivity contribution is -0.393. The smallest absolute Gasteiger partial charge is 0.192 e. The molecule has 4 aliphatic rings. The molecule has 1 saturated carbocycles. The molecule has 2 N–H and O–H groups in total. The Morgan fingerprint density at radius 1 is 1.10 bits per heavy atom.